The van der Waals surface area contributed by atoms with Crippen LogP contribution in [0.2, 0.25) is 0 Å². The van der Waals surface area contributed by atoms with Crippen LogP contribution < -0.4 is 5.32 Å². The molecule has 0 aromatic heterocycles. The molecule has 0 aromatic carbocycles. The highest BCUT2D eigenvalue weighted by molar-refractivity contribution is 5.21. The van der Waals surface area contributed by atoms with Crippen molar-refractivity contribution in [2.75, 3.05) is 13.2 Å². The molecule has 4 nitrogen and oxygen atoms in total. The Balaban J connectivity index is 1.60. The quantitative estimate of drug-likeness (QED) is 0.563. The second-order valence-electron chi connectivity index (χ2n) is 6.67. The van der Waals surface area contributed by atoms with Gasteiger partial charge < -0.3 is 20.6 Å². The van der Waals surface area contributed by atoms with Gasteiger partial charge in [0, 0.05) is 0 Å². The minimum absolute atomic E-state index is 0.160. The van der Waals surface area contributed by atoms with E-state index < -0.39 is 31.0 Å². The summed E-state index contributed by atoms with van der Waals surface area (Å²) in [5.74, 6) is 2.29. The van der Waals surface area contributed by atoms with Crippen molar-refractivity contribution in [1.29, 1.82) is 0 Å². The minimum atomic E-state index is -1.32. The Morgan fingerprint density at radius 3 is 2.55 bits per heavy atom. The third kappa shape index (κ3) is 2.52. The van der Waals surface area contributed by atoms with E-state index in [1.54, 1.807) is 0 Å². The van der Waals surface area contributed by atoms with Crippen LogP contribution in [0.3, 0.4) is 0 Å². The smallest absolute Gasteiger partial charge is 0.113 e. The lowest BCUT2D eigenvalue weighted by molar-refractivity contribution is -0.0633. The number of hydrogen-bond acceptors (Lipinski definition) is 4. The van der Waals surface area contributed by atoms with Crippen molar-refractivity contribution in [1.82, 2.24) is 5.32 Å². The fourth-order valence-corrected chi connectivity index (χ4v) is 4.26. The Bertz CT molecular complexity index is 389. The number of nitrogens with one attached hydrogen (secondary N) is 1. The predicted octanol–water partition coefficient (Wildman–Crippen LogP) is 0.373. The maximum Gasteiger partial charge on any atom is 0.113 e. The molecular formula is C15H24FNO3. The molecule has 3 aliphatic carbocycles. The van der Waals surface area contributed by atoms with E-state index in [-0.39, 0.29) is 5.57 Å². The standard InChI is InChI=1S/C15H24FNO3/c16-6-10-5-12(14(19)15(20)13(10)18)17-7-11-4-8-1-2-9(11)3-8/h5,8-9,11-15,17-20H,1-4,6-7H2/t8?,9?,11?,12-,13+,14+,15+/m1/s1. The second kappa shape index (κ2) is 5.72. The van der Waals surface area contributed by atoms with Crippen LogP contribution >= 0.6 is 0 Å². The van der Waals surface area contributed by atoms with Gasteiger partial charge in [-0.3, -0.25) is 0 Å². The second-order valence-corrected chi connectivity index (χ2v) is 6.67. The molecule has 2 fully saturated rings. The molecule has 2 bridgehead atoms. The highest BCUT2D eigenvalue weighted by Crippen LogP contribution is 2.48. The molecule has 7 atom stereocenters. The van der Waals surface area contributed by atoms with Crippen molar-refractivity contribution in [3.05, 3.63) is 11.6 Å². The third-order valence-electron chi connectivity index (χ3n) is 5.47. The minimum Gasteiger partial charge on any atom is -0.388 e. The van der Waals surface area contributed by atoms with Crippen molar-refractivity contribution in [2.24, 2.45) is 17.8 Å². The SMILES string of the molecule is O[C@@H]1[C@@H](O)[C@@H](O)C(CF)=C[C@H]1NCC1CC2CCC1C2. The lowest BCUT2D eigenvalue weighted by Crippen LogP contribution is -2.54. The van der Waals surface area contributed by atoms with Crippen LogP contribution in [0.25, 0.3) is 0 Å². The van der Waals surface area contributed by atoms with E-state index in [4.69, 9.17) is 0 Å². The van der Waals surface area contributed by atoms with E-state index in [1.165, 1.54) is 31.8 Å². The summed E-state index contributed by atoms with van der Waals surface area (Å²) >= 11 is 0. The van der Waals surface area contributed by atoms with Crippen LogP contribution in [0.15, 0.2) is 11.6 Å². The molecule has 20 heavy (non-hydrogen) atoms. The van der Waals surface area contributed by atoms with E-state index in [2.05, 4.69) is 5.32 Å². The van der Waals surface area contributed by atoms with Crippen LogP contribution in [-0.4, -0.2) is 52.9 Å². The first-order valence-electron chi connectivity index (χ1n) is 7.64. The van der Waals surface area contributed by atoms with Crippen molar-refractivity contribution >= 4 is 0 Å². The molecule has 0 amide bonds. The predicted molar refractivity (Wildman–Crippen MR) is 72.8 cm³/mol. The first-order valence-corrected chi connectivity index (χ1v) is 7.64. The summed E-state index contributed by atoms with van der Waals surface area (Å²) in [6.07, 6.45) is 3.06. The Morgan fingerprint density at radius 1 is 1.15 bits per heavy atom. The average Bonchev–Trinajstić information content (AvgIpc) is 3.06. The molecule has 114 valence electrons. The van der Waals surface area contributed by atoms with Gasteiger partial charge >= 0.3 is 0 Å². The van der Waals surface area contributed by atoms with E-state index in [1.807, 2.05) is 0 Å². The van der Waals surface area contributed by atoms with Gasteiger partial charge in [0.1, 0.15) is 25.0 Å². The summed E-state index contributed by atoms with van der Waals surface area (Å²) in [5, 5.41) is 32.6. The summed E-state index contributed by atoms with van der Waals surface area (Å²) in [6.45, 7) is -0.000964. The number of alkyl halides is 1. The lowest BCUT2D eigenvalue weighted by Gasteiger charge is -2.35. The molecule has 0 saturated heterocycles. The van der Waals surface area contributed by atoms with E-state index in [0.717, 1.165) is 18.4 Å². The Labute approximate surface area is 118 Å². The molecule has 0 radical (unpaired) electrons. The normalized spacial score (nSPS) is 47.6. The lowest BCUT2D eigenvalue weighted by atomic mass is 9.86. The van der Waals surface area contributed by atoms with Gasteiger partial charge in [-0.2, -0.15) is 0 Å². The maximum absolute atomic E-state index is 12.8. The van der Waals surface area contributed by atoms with Crippen LogP contribution in [0.1, 0.15) is 25.7 Å². The Hall–Kier alpha value is -0.490. The summed E-state index contributed by atoms with van der Waals surface area (Å²) < 4.78 is 12.8. The molecule has 2 saturated carbocycles. The molecule has 3 rings (SSSR count). The first-order chi connectivity index (χ1) is 9.60. The fraction of sp³-hybridized carbons (Fsp3) is 0.867. The number of fused-ring (bicyclic) bond motifs is 2. The number of rotatable bonds is 4. The van der Waals surface area contributed by atoms with Gasteiger partial charge in [-0.15, -0.1) is 0 Å². The van der Waals surface area contributed by atoms with Gasteiger partial charge in [0.25, 0.3) is 0 Å². The van der Waals surface area contributed by atoms with Crippen LogP contribution in [0.4, 0.5) is 4.39 Å². The molecular weight excluding hydrogens is 261 g/mol. The highest BCUT2D eigenvalue weighted by Gasteiger charge is 2.41. The third-order valence-corrected chi connectivity index (χ3v) is 5.47. The molecule has 0 aromatic rings. The average molecular weight is 285 g/mol. The summed E-state index contributed by atoms with van der Waals surface area (Å²) in [4.78, 5) is 0. The fourth-order valence-electron chi connectivity index (χ4n) is 4.26. The van der Waals surface area contributed by atoms with E-state index in [9.17, 15) is 19.7 Å². The number of aliphatic hydroxyl groups excluding tert-OH is 3. The van der Waals surface area contributed by atoms with Gasteiger partial charge in [0.15, 0.2) is 0 Å². The van der Waals surface area contributed by atoms with Gasteiger partial charge in [-0.1, -0.05) is 12.5 Å². The molecule has 3 aliphatic rings. The van der Waals surface area contributed by atoms with Crippen LogP contribution in [0, 0.1) is 17.8 Å². The maximum atomic E-state index is 12.8. The van der Waals surface area contributed by atoms with Crippen molar-refractivity contribution in [3.8, 4) is 0 Å². The molecule has 4 N–H and O–H groups in total. The molecule has 0 aliphatic heterocycles. The zero-order chi connectivity index (χ0) is 14.3. The topological polar surface area (TPSA) is 72.7 Å². The molecule has 3 unspecified atom stereocenters. The zero-order valence-corrected chi connectivity index (χ0v) is 11.6. The first kappa shape index (κ1) is 14.4. The largest absolute Gasteiger partial charge is 0.388 e. The van der Waals surface area contributed by atoms with Gasteiger partial charge in [-0.25, -0.2) is 4.39 Å². The van der Waals surface area contributed by atoms with E-state index in [0.29, 0.717) is 5.92 Å². The summed E-state index contributed by atoms with van der Waals surface area (Å²) in [7, 11) is 0. The van der Waals surface area contributed by atoms with E-state index >= 15 is 0 Å². The van der Waals surface area contributed by atoms with Gasteiger partial charge in [-0.05, 0) is 49.1 Å². The molecule has 5 heteroatoms. The van der Waals surface area contributed by atoms with Crippen LogP contribution in [0.5, 0.6) is 0 Å². The monoisotopic (exact) mass is 285 g/mol. The summed E-state index contributed by atoms with van der Waals surface area (Å²) in [6, 6.07) is -0.474. The van der Waals surface area contributed by atoms with Crippen molar-refractivity contribution < 1.29 is 19.7 Å². The van der Waals surface area contributed by atoms with Crippen molar-refractivity contribution in [2.45, 2.75) is 50.0 Å². The molecule has 0 heterocycles. The highest BCUT2D eigenvalue weighted by atomic mass is 19.1. The van der Waals surface area contributed by atoms with Gasteiger partial charge in [0.2, 0.25) is 0 Å². The summed E-state index contributed by atoms with van der Waals surface area (Å²) in [5.41, 5.74) is 0.160. The number of aliphatic hydroxyl groups is 3. The van der Waals surface area contributed by atoms with Crippen molar-refractivity contribution in [3.63, 3.8) is 0 Å². The van der Waals surface area contributed by atoms with Gasteiger partial charge in [0.05, 0.1) is 6.04 Å². The molecule has 0 spiro atoms. The number of hydrogen-bond donors (Lipinski definition) is 4. The zero-order valence-electron chi connectivity index (χ0n) is 11.6. The van der Waals surface area contributed by atoms with Crippen LogP contribution in [-0.2, 0) is 0 Å². The number of halogens is 1. The Kier molecular flexibility index (Phi) is 4.13. The Morgan fingerprint density at radius 2 is 1.95 bits per heavy atom.